The van der Waals surface area contributed by atoms with Crippen molar-refractivity contribution < 1.29 is 9.47 Å². The van der Waals surface area contributed by atoms with Crippen molar-refractivity contribution in [2.45, 2.75) is 17.3 Å². The number of hydrogen-bond donors (Lipinski definition) is 0. The molecule has 2 nitrogen and oxygen atoms in total. The molecule has 66 valence electrons. The maximum absolute atomic E-state index is 5.77. The van der Waals surface area contributed by atoms with Gasteiger partial charge in [-0.2, -0.15) is 0 Å². The van der Waals surface area contributed by atoms with Gasteiger partial charge in [-0.25, -0.2) is 0 Å². The van der Waals surface area contributed by atoms with Crippen molar-refractivity contribution in [2.24, 2.45) is 23.7 Å². The molecule has 0 aromatic carbocycles. The second-order valence-corrected chi connectivity index (χ2v) is 5.63. The summed E-state index contributed by atoms with van der Waals surface area (Å²) in [6.45, 7) is 2.03. The summed E-state index contributed by atoms with van der Waals surface area (Å²) in [4.78, 5) is 0. The molecule has 12 heavy (non-hydrogen) atoms. The molecule has 4 aliphatic rings. The monoisotopic (exact) mass is 184 g/mol. The first-order chi connectivity index (χ1) is 5.93. The van der Waals surface area contributed by atoms with Gasteiger partial charge in [0.2, 0.25) is 0 Å². The molecule has 1 aliphatic carbocycles. The summed E-state index contributed by atoms with van der Waals surface area (Å²) < 4.78 is 11.5. The van der Waals surface area contributed by atoms with Crippen LogP contribution in [0.15, 0.2) is 0 Å². The third kappa shape index (κ3) is 0.603. The van der Waals surface area contributed by atoms with Gasteiger partial charge in [0, 0.05) is 11.8 Å². The lowest BCUT2D eigenvalue weighted by Gasteiger charge is -2.28. The molecule has 0 amide bonds. The van der Waals surface area contributed by atoms with Crippen molar-refractivity contribution in [3.63, 3.8) is 0 Å². The molecule has 1 saturated carbocycles. The van der Waals surface area contributed by atoms with Crippen molar-refractivity contribution in [1.29, 1.82) is 0 Å². The van der Waals surface area contributed by atoms with Crippen LogP contribution in [0.5, 0.6) is 0 Å². The smallest absolute Gasteiger partial charge is 0.108 e. The Balaban J connectivity index is 1.83. The molecule has 3 heteroatoms. The van der Waals surface area contributed by atoms with Crippen LogP contribution in [-0.2, 0) is 9.47 Å². The first-order valence-corrected chi connectivity index (χ1v) is 5.76. The van der Waals surface area contributed by atoms with Crippen LogP contribution in [-0.4, -0.2) is 24.1 Å². The molecule has 0 aromatic rings. The first kappa shape index (κ1) is 6.68. The molecule has 2 bridgehead atoms. The Bertz CT molecular complexity index is 211. The molecular formula is C9H12O2S. The van der Waals surface area contributed by atoms with Crippen LogP contribution in [0.4, 0.5) is 0 Å². The van der Waals surface area contributed by atoms with Crippen LogP contribution in [0.25, 0.3) is 0 Å². The third-order valence-electron chi connectivity index (χ3n) is 4.07. The lowest BCUT2D eigenvalue weighted by Crippen LogP contribution is -2.26. The summed E-state index contributed by atoms with van der Waals surface area (Å²) in [5.41, 5.74) is 0.975. The van der Waals surface area contributed by atoms with Gasteiger partial charge in [-0.3, -0.25) is 0 Å². The molecule has 0 radical (unpaired) electrons. The van der Waals surface area contributed by atoms with E-state index in [1.165, 1.54) is 6.42 Å². The van der Waals surface area contributed by atoms with E-state index in [0.717, 1.165) is 36.9 Å². The molecule has 0 aromatic heterocycles. The maximum atomic E-state index is 5.77. The Morgan fingerprint density at radius 1 is 0.833 bits per heavy atom. The van der Waals surface area contributed by atoms with Gasteiger partial charge in [0.05, 0.1) is 13.2 Å². The molecular weight excluding hydrogens is 172 g/mol. The highest BCUT2D eigenvalue weighted by molar-refractivity contribution is 8.00. The summed E-state index contributed by atoms with van der Waals surface area (Å²) in [5.74, 6) is 3.45. The quantitative estimate of drug-likeness (QED) is 0.565. The molecule has 0 spiro atoms. The molecule has 4 rings (SSSR count). The van der Waals surface area contributed by atoms with Gasteiger partial charge in [0.25, 0.3) is 0 Å². The van der Waals surface area contributed by atoms with E-state index >= 15 is 0 Å². The van der Waals surface area contributed by atoms with Crippen molar-refractivity contribution in [2.75, 3.05) is 13.2 Å². The van der Waals surface area contributed by atoms with E-state index in [-0.39, 0.29) is 0 Å². The minimum absolute atomic E-state index is 0.488. The van der Waals surface area contributed by atoms with Crippen LogP contribution >= 0.6 is 11.8 Å². The van der Waals surface area contributed by atoms with Crippen molar-refractivity contribution >= 4 is 11.8 Å². The van der Waals surface area contributed by atoms with Gasteiger partial charge in [-0.15, -0.1) is 0 Å². The number of rotatable bonds is 0. The van der Waals surface area contributed by atoms with E-state index in [1.54, 1.807) is 0 Å². The van der Waals surface area contributed by atoms with E-state index < -0.39 is 0 Å². The molecule has 0 N–H and O–H groups in total. The van der Waals surface area contributed by atoms with E-state index in [0.29, 0.717) is 10.9 Å². The van der Waals surface area contributed by atoms with Gasteiger partial charge in [0.1, 0.15) is 10.9 Å². The molecule has 3 aliphatic heterocycles. The second-order valence-electron chi connectivity index (χ2n) is 4.43. The number of ether oxygens (including phenoxy) is 2. The zero-order valence-corrected chi connectivity index (χ0v) is 7.63. The first-order valence-electron chi connectivity index (χ1n) is 4.82. The minimum Gasteiger partial charge on any atom is -0.367 e. The fourth-order valence-corrected chi connectivity index (χ4v) is 5.10. The Kier molecular flexibility index (Phi) is 1.12. The number of thioether (sulfide) groups is 1. The van der Waals surface area contributed by atoms with Gasteiger partial charge < -0.3 is 9.47 Å². The summed E-state index contributed by atoms with van der Waals surface area (Å²) in [5, 5.41) is 0. The predicted octanol–water partition coefficient (Wildman–Crippen LogP) is 1.31. The third-order valence-corrected chi connectivity index (χ3v) is 5.58. The van der Waals surface area contributed by atoms with E-state index in [9.17, 15) is 0 Å². The van der Waals surface area contributed by atoms with Gasteiger partial charge in [0.15, 0.2) is 0 Å². The predicted molar refractivity (Wildman–Crippen MR) is 45.6 cm³/mol. The van der Waals surface area contributed by atoms with E-state index in [4.69, 9.17) is 9.47 Å². The fourth-order valence-electron chi connectivity index (χ4n) is 3.49. The number of hydrogen-bond acceptors (Lipinski definition) is 3. The Morgan fingerprint density at radius 3 is 2.00 bits per heavy atom. The maximum Gasteiger partial charge on any atom is 0.108 e. The highest BCUT2D eigenvalue weighted by atomic mass is 32.2. The highest BCUT2D eigenvalue weighted by Gasteiger charge is 2.60. The SMILES string of the molecule is C1O[C@@H]2S[C@@H]3OC[C@H]4[C@H]1[C@H]2C[C@@H]43. The van der Waals surface area contributed by atoms with E-state index in [2.05, 4.69) is 0 Å². The highest BCUT2D eigenvalue weighted by Crippen LogP contribution is 2.61. The Hall–Kier alpha value is 0.270. The standard InChI is InChI=1S/C9H12O2S/c1-4-6-2-10-8(4)12-9-5(1)7(6)3-11-9/h4-9H,1-3H2/t4-,5+,6-,7-,8-,9+/m1/s1. The second kappa shape index (κ2) is 2.02. The fraction of sp³-hybridized carbons (Fsp3) is 1.00. The van der Waals surface area contributed by atoms with Crippen molar-refractivity contribution in [3.05, 3.63) is 0 Å². The molecule has 4 fully saturated rings. The summed E-state index contributed by atoms with van der Waals surface area (Å²) in [7, 11) is 0. The summed E-state index contributed by atoms with van der Waals surface area (Å²) >= 11 is 1.95. The molecule has 3 saturated heterocycles. The van der Waals surface area contributed by atoms with Crippen LogP contribution in [0.3, 0.4) is 0 Å². The normalized spacial score (nSPS) is 66.0. The molecule has 6 atom stereocenters. The van der Waals surface area contributed by atoms with Crippen LogP contribution < -0.4 is 0 Å². The average Bonchev–Trinajstić information content (AvgIpc) is 2.69. The lowest BCUT2D eigenvalue weighted by molar-refractivity contribution is 0.112. The van der Waals surface area contributed by atoms with Gasteiger partial charge >= 0.3 is 0 Å². The van der Waals surface area contributed by atoms with Gasteiger partial charge in [-0.05, 0) is 18.3 Å². The van der Waals surface area contributed by atoms with Crippen LogP contribution in [0.1, 0.15) is 6.42 Å². The average molecular weight is 184 g/mol. The largest absolute Gasteiger partial charge is 0.367 e. The van der Waals surface area contributed by atoms with E-state index in [1.807, 2.05) is 11.8 Å². The van der Waals surface area contributed by atoms with Gasteiger partial charge in [-0.1, -0.05) is 11.8 Å². The van der Waals surface area contributed by atoms with Crippen LogP contribution in [0, 0.1) is 23.7 Å². The van der Waals surface area contributed by atoms with Crippen LogP contribution in [0.2, 0.25) is 0 Å². The zero-order chi connectivity index (χ0) is 7.71. The molecule has 3 heterocycles. The minimum atomic E-state index is 0.488. The zero-order valence-electron chi connectivity index (χ0n) is 6.81. The summed E-state index contributed by atoms with van der Waals surface area (Å²) in [6, 6.07) is 0. The topological polar surface area (TPSA) is 18.5 Å². The number of fused-ring (bicyclic) bond motifs is 1. The van der Waals surface area contributed by atoms with Crippen molar-refractivity contribution in [3.8, 4) is 0 Å². The summed E-state index contributed by atoms with van der Waals surface area (Å²) in [6.07, 6.45) is 1.39. The Labute approximate surface area is 76.0 Å². The lowest BCUT2D eigenvalue weighted by atomic mass is 9.91. The molecule has 0 unspecified atom stereocenters. The Morgan fingerprint density at radius 2 is 1.42 bits per heavy atom. The van der Waals surface area contributed by atoms with Crippen molar-refractivity contribution in [1.82, 2.24) is 0 Å².